The van der Waals surface area contributed by atoms with Crippen molar-refractivity contribution in [3.8, 4) is 0 Å². The molecule has 2 atom stereocenters. The largest absolute Gasteiger partial charge is 0.356 e. The van der Waals surface area contributed by atoms with Gasteiger partial charge in [0.25, 0.3) is 0 Å². The van der Waals surface area contributed by atoms with Crippen LogP contribution in [-0.2, 0) is 6.54 Å². The number of piperidine rings is 3. The molecule has 0 amide bonds. The Bertz CT molecular complexity index is 667. The predicted octanol–water partition coefficient (Wildman–Crippen LogP) is 3.28. The molecule has 0 saturated carbocycles. The number of aliphatic imine (C=N–C) groups is 1. The fraction of sp³-hybridized carbons (Fsp3) is 0.720. The third kappa shape index (κ3) is 5.55. The van der Waals surface area contributed by atoms with Gasteiger partial charge in [0.15, 0.2) is 5.96 Å². The van der Waals surface area contributed by atoms with E-state index in [-0.39, 0.29) is 0 Å². The van der Waals surface area contributed by atoms with Crippen LogP contribution in [0.2, 0.25) is 0 Å². The van der Waals surface area contributed by atoms with Gasteiger partial charge in [-0.3, -0.25) is 9.89 Å². The summed E-state index contributed by atoms with van der Waals surface area (Å²) < 4.78 is 0. The maximum absolute atomic E-state index is 4.64. The first kappa shape index (κ1) is 21.6. The van der Waals surface area contributed by atoms with E-state index in [0.29, 0.717) is 0 Å². The van der Waals surface area contributed by atoms with Gasteiger partial charge in [0.05, 0.1) is 0 Å². The molecule has 5 nitrogen and oxygen atoms in total. The second-order valence-electron chi connectivity index (χ2n) is 9.67. The summed E-state index contributed by atoms with van der Waals surface area (Å²) in [7, 11) is 4.19. The number of likely N-dealkylation sites (tertiary alicyclic amines) is 3. The van der Waals surface area contributed by atoms with Crippen LogP contribution in [0.1, 0.15) is 44.1 Å². The van der Waals surface area contributed by atoms with Crippen LogP contribution in [-0.4, -0.2) is 80.1 Å². The molecule has 0 aliphatic carbocycles. The second-order valence-corrected chi connectivity index (χ2v) is 9.67. The summed E-state index contributed by atoms with van der Waals surface area (Å²) in [6.07, 6.45) is 7.91. The zero-order valence-corrected chi connectivity index (χ0v) is 19.1. The van der Waals surface area contributed by atoms with E-state index in [4.69, 9.17) is 0 Å². The molecule has 5 heteroatoms. The van der Waals surface area contributed by atoms with Crippen LogP contribution in [0.5, 0.6) is 0 Å². The number of benzene rings is 1. The average Bonchev–Trinajstić information content (AvgIpc) is 2.78. The molecule has 1 aromatic rings. The van der Waals surface area contributed by atoms with E-state index in [1.54, 1.807) is 0 Å². The number of nitrogens with zero attached hydrogens (tertiary/aromatic N) is 4. The van der Waals surface area contributed by atoms with Crippen molar-refractivity contribution in [3.63, 3.8) is 0 Å². The minimum Gasteiger partial charge on any atom is -0.356 e. The van der Waals surface area contributed by atoms with E-state index >= 15 is 0 Å². The van der Waals surface area contributed by atoms with Gasteiger partial charge in [0.1, 0.15) is 0 Å². The second kappa shape index (κ2) is 10.6. The number of rotatable bonds is 5. The molecule has 0 spiro atoms. The molecule has 0 aromatic heterocycles. The van der Waals surface area contributed by atoms with Crippen LogP contribution in [0.4, 0.5) is 0 Å². The first-order valence-corrected chi connectivity index (χ1v) is 12.1. The molecular formula is C25H41N5. The summed E-state index contributed by atoms with van der Waals surface area (Å²) in [6.45, 7) is 8.21. The van der Waals surface area contributed by atoms with Gasteiger partial charge in [-0.1, -0.05) is 30.3 Å². The monoisotopic (exact) mass is 411 g/mol. The summed E-state index contributed by atoms with van der Waals surface area (Å²) >= 11 is 0. The lowest BCUT2D eigenvalue weighted by Gasteiger charge is -2.48. The van der Waals surface area contributed by atoms with Crippen molar-refractivity contribution < 1.29 is 0 Å². The van der Waals surface area contributed by atoms with Crippen molar-refractivity contribution >= 4 is 5.96 Å². The number of guanidine groups is 1. The van der Waals surface area contributed by atoms with Crippen LogP contribution >= 0.6 is 0 Å². The number of hydrogen-bond acceptors (Lipinski definition) is 3. The fourth-order valence-corrected chi connectivity index (χ4v) is 5.78. The van der Waals surface area contributed by atoms with Gasteiger partial charge < -0.3 is 15.1 Å². The molecule has 3 saturated heterocycles. The third-order valence-electron chi connectivity index (χ3n) is 7.60. The van der Waals surface area contributed by atoms with Crippen molar-refractivity contribution in [1.29, 1.82) is 0 Å². The molecule has 0 radical (unpaired) electrons. The molecular weight excluding hydrogens is 370 g/mol. The maximum atomic E-state index is 4.64. The fourth-order valence-electron chi connectivity index (χ4n) is 5.78. The van der Waals surface area contributed by atoms with Gasteiger partial charge in [-0.25, -0.2) is 0 Å². The van der Waals surface area contributed by atoms with E-state index < -0.39 is 0 Å². The SMILES string of the molecule is CN=C(NCCC1CCN(C)CC1)N1CCC2C(CCCN2Cc2ccccc2)C1. The first-order valence-electron chi connectivity index (χ1n) is 12.1. The molecule has 1 N–H and O–H groups in total. The Labute approximate surface area is 183 Å². The molecule has 166 valence electrons. The van der Waals surface area contributed by atoms with Crippen molar-refractivity contribution in [1.82, 2.24) is 20.0 Å². The molecule has 3 heterocycles. The molecule has 2 unspecified atom stereocenters. The molecule has 1 aromatic carbocycles. The number of hydrogen-bond donors (Lipinski definition) is 1. The molecule has 3 aliphatic rings. The highest BCUT2D eigenvalue weighted by atomic mass is 15.3. The first-order chi connectivity index (χ1) is 14.7. The van der Waals surface area contributed by atoms with E-state index in [0.717, 1.165) is 50.0 Å². The zero-order valence-electron chi connectivity index (χ0n) is 19.1. The number of nitrogens with one attached hydrogen (secondary N) is 1. The molecule has 3 aliphatic heterocycles. The molecule has 30 heavy (non-hydrogen) atoms. The lowest BCUT2D eigenvalue weighted by atomic mass is 9.83. The summed E-state index contributed by atoms with van der Waals surface area (Å²) in [5.41, 5.74) is 1.45. The molecule has 0 bridgehead atoms. The van der Waals surface area contributed by atoms with Gasteiger partial charge >= 0.3 is 0 Å². The Balaban J connectivity index is 1.26. The summed E-state index contributed by atoms with van der Waals surface area (Å²) in [5.74, 6) is 2.77. The lowest BCUT2D eigenvalue weighted by molar-refractivity contribution is 0.0372. The van der Waals surface area contributed by atoms with E-state index in [9.17, 15) is 0 Å². The van der Waals surface area contributed by atoms with E-state index in [1.165, 1.54) is 63.7 Å². The van der Waals surface area contributed by atoms with Gasteiger partial charge in [-0.2, -0.15) is 0 Å². The van der Waals surface area contributed by atoms with E-state index in [2.05, 4.69) is 62.4 Å². The lowest BCUT2D eigenvalue weighted by Crippen LogP contribution is -2.56. The van der Waals surface area contributed by atoms with Crippen LogP contribution in [0.15, 0.2) is 35.3 Å². The van der Waals surface area contributed by atoms with Gasteiger partial charge in [-0.05, 0) is 82.6 Å². The van der Waals surface area contributed by atoms with Crippen LogP contribution in [0, 0.1) is 11.8 Å². The van der Waals surface area contributed by atoms with Gasteiger partial charge in [0.2, 0.25) is 0 Å². The van der Waals surface area contributed by atoms with Crippen molar-refractivity contribution in [3.05, 3.63) is 35.9 Å². The van der Waals surface area contributed by atoms with Crippen LogP contribution in [0.3, 0.4) is 0 Å². The highest BCUT2D eigenvalue weighted by Gasteiger charge is 2.36. The minimum atomic E-state index is 0.729. The standard InChI is InChI=1S/C25H41N5/c1-26-25(27-14-10-21-11-16-28(2)17-12-21)30-18-13-24-23(20-30)9-6-15-29(24)19-22-7-4-3-5-8-22/h3-5,7-8,21,23-24H,6,9-20H2,1-2H3,(H,26,27). The molecule has 3 fully saturated rings. The average molecular weight is 412 g/mol. The van der Waals surface area contributed by atoms with Crippen molar-refractivity contribution in [2.45, 2.75) is 51.1 Å². The predicted molar refractivity (Wildman–Crippen MR) is 126 cm³/mol. The maximum Gasteiger partial charge on any atom is 0.193 e. The van der Waals surface area contributed by atoms with E-state index in [1.807, 2.05) is 7.05 Å². The molecule has 4 rings (SSSR count). The Morgan fingerprint density at radius 3 is 2.60 bits per heavy atom. The Kier molecular flexibility index (Phi) is 7.67. The third-order valence-corrected chi connectivity index (χ3v) is 7.60. The summed E-state index contributed by atoms with van der Waals surface area (Å²) in [6, 6.07) is 11.7. The zero-order chi connectivity index (χ0) is 20.8. The van der Waals surface area contributed by atoms with Gasteiger partial charge in [0, 0.05) is 39.3 Å². The Morgan fingerprint density at radius 2 is 1.83 bits per heavy atom. The normalized spacial score (nSPS) is 27.1. The van der Waals surface area contributed by atoms with Crippen LogP contribution in [0.25, 0.3) is 0 Å². The highest BCUT2D eigenvalue weighted by Crippen LogP contribution is 2.31. The van der Waals surface area contributed by atoms with Gasteiger partial charge in [-0.15, -0.1) is 0 Å². The summed E-state index contributed by atoms with van der Waals surface area (Å²) in [4.78, 5) is 12.4. The topological polar surface area (TPSA) is 34.1 Å². The van der Waals surface area contributed by atoms with Crippen molar-refractivity contribution in [2.75, 3.05) is 53.4 Å². The van der Waals surface area contributed by atoms with Crippen LogP contribution < -0.4 is 5.32 Å². The van der Waals surface area contributed by atoms with Crippen molar-refractivity contribution in [2.24, 2.45) is 16.8 Å². The number of fused-ring (bicyclic) bond motifs is 1. The Hall–Kier alpha value is -1.59. The Morgan fingerprint density at radius 1 is 1.03 bits per heavy atom. The smallest absolute Gasteiger partial charge is 0.193 e. The summed E-state index contributed by atoms with van der Waals surface area (Å²) in [5, 5.41) is 3.69. The highest BCUT2D eigenvalue weighted by molar-refractivity contribution is 5.80. The quantitative estimate of drug-likeness (QED) is 0.596. The minimum absolute atomic E-state index is 0.729.